The van der Waals surface area contributed by atoms with Crippen LogP contribution >= 0.6 is 0 Å². The van der Waals surface area contributed by atoms with Gasteiger partial charge in [-0.3, -0.25) is 0 Å². The van der Waals surface area contributed by atoms with Crippen molar-refractivity contribution in [2.45, 2.75) is 109 Å². The van der Waals surface area contributed by atoms with Crippen LogP contribution in [-0.2, 0) is 18.9 Å². The summed E-state index contributed by atoms with van der Waals surface area (Å²) in [5.41, 5.74) is 0. The third-order valence-corrected chi connectivity index (χ3v) is 4.92. The average molecular weight is 377 g/mol. The number of rotatable bonds is 15. The molecule has 156 valence electrons. The van der Waals surface area contributed by atoms with Crippen LogP contribution in [0.1, 0.15) is 78.1 Å². The van der Waals surface area contributed by atoms with Crippen molar-refractivity contribution in [3.63, 3.8) is 0 Å². The Bertz CT molecular complexity index is 327. The zero-order valence-corrected chi connectivity index (χ0v) is 16.9. The lowest BCUT2D eigenvalue weighted by atomic mass is 10.1. The van der Waals surface area contributed by atoms with E-state index in [9.17, 15) is 5.11 Å². The molecule has 1 aliphatic rings. The van der Waals surface area contributed by atoms with Crippen molar-refractivity contribution in [2.24, 2.45) is 0 Å². The maximum atomic E-state index is 9.65. The van der Waals surface area contributed by atoms with Gasteiger partial charge in [-0.15, -0.1) is 0 Å². The van der Waals surface area contributed by atoms with Gasteiger partial charge in [-0.05, 0) is 19.8 Å². The molecule has 0 spiro atoms. The Balaban J connectivity index is 2.10. The molecular formula is C20H40O6. The van der Waals surface area contributed by atoms with Crippen molar-refractivity contribution in [1.82, 2.24) is 0 Å². The van der Waals surface area contributed by atoms with Gasteiger partial charge in [0.15, 0.2) is 12.6 Å². The van der Waals surface area contributed by atoms with Gasteiger partial charge in [0.2, 0.25) is 0 Å². The Kier molecular flexibility index (Phi) is 13.5. The maximum Gasteiger partial charge on any atom is 0.185 e. The molecule has 2 unspecified atom stereocenters. The molecule has 6 heteroatoms. The summed E-state index contributed by atoms with van der Waals surface area (Å²) in [6.07, 6.45) is 10.0. The molecule has 2 N–H and O–H groups in total. The van der Waals surface area contributed by atoms with E-state index in [2.05, 4.69) is 6.92 Å². The van der Waals surface area contributed by atoms with E-state index in [0.29, 0.717) is 6.61 Å². The van der Waals surface area contributed by atoms with Gasteiger partial charge in [0.05, 0.1) is 19.3 Å². The Labute approximate surface area is 159 Å². The van der Waals surface area contributed by atoms with Crippen molar-refractivity contribution in [3.8, 4) is 0 Å². The minimum absolute atomic E-state index is 0.143. The lowest BCUT2D eigenvalue weighted by molar-refractivity contribution is -0.298. The molecule has 1 heterocycles. The van der Waals surface area contributed by atoms with Crippen molar-refractivity contribution in [1.29, 1.82) is 0 Å². The molecule has 0 aromatic carbocycles. The lowest BCUT2D eigenvalue weighted by Gasteiger charge is -2.36. The molecular weight excluding hydrogens is 336 g/mol. The van der Waals surface area contributed by atoms with E-state index in [-0.39, 0.29) is 18.5 Å². The number of unbranched alkanes of at least 4 members (excludes halogenated alkanes) is 8. The number of ether oxygens (including phenoxy) is 4. The van der Waals surface area contributed by atoms with Crippen molar-refractivity contribution >= 4 is 0 Å². The molecule has 6 nitrogen and oxygen atoms in total. The molecule has 0 aromatic rings. The topological polar surface area (TPSA) is 77.4 Å². The normalized spacial score (nSPS) is 26.0. The first-order chi connectivity index (χ1) is 12.6. The van der Waals surface area contributed by atoms with Crippen LogP contribution < -0.4 is 0 Å². The Morgan fingerprint density at radius 1 is 1.04 bits per heavy atom. The Morgan fingerprint density at radius 2 is 1.65 bits per heavy atom. The van der Waals surface area contributed by atoms with E-state index in [1.54, 1.807) is 0 Å². The largest absolute Gasteiger partial charge is 0.393 e. The summed E-state index contributed by atoms with van der Waals surface area (Å²) in [5, 5.41) is 18.7. The summed E-state index contributed by atoms with van der Waals surface area (Å²) in [6, 6.07) is 0. The molecule has 0 saturated carbocycles. The van der Waals surface area contributed by atoms with Crippen LogP contribution in [0.25, 0.3) is 0 Å². The molecule has 0 amide bonds. The van der Waals surface area contributed by atoms with Gasteiger partial charge in [0, 0.05) is 7.11 Å². The fourth-order valence-corrected chi connectivity index (χ4v) is 3.19. The third-order valence-electron chi connectivity index (χ3n) is 4.92. The first-order valence-corrected chi connectivity index (χ1v) is 10.4. The fraction of sp³-hybridized carbons (Fsp3) is 1.00. The van der Waals surface area contributed by atoms with E-state index in [1.807, 2.05) is 6.92 Å². The smallest absolute Gasteiger partial charge is 0.185 e. The standard InChI is InChI=1S/C20H40O6/c1-4-5-6-7-8-9-10-11-12-13-19-24-15-18(16(2)25-19)26-20(23-3)17(22)14-21/h16-22H,4-15H2,1-3H3/t16-,17-,18?,19?,20+/m0/s1. The zero-order valence-electron chi connectivity index (χ0n) is 16.9. The molecule has 0 aliphatic carbocycles. The van der Waals surface area contributed by atoms with Gasteiger partial charge in [-0.2, -0.15) is 0 Å². The molecule has 1 saturated heterocycles. The van der Waals surface area contributed by atoms with Gasteiger partial charge in [0.1, 0.15) is 12.2 Å². The minimum Gasteiger partial charge on any atom is -0.393 e. The monoisotopic (exact) mass is 376 g/mol. The number of methoxy groups -OCH3 is 1. The maximum absolute atomic E-state index is 9.65. The SMILES string of the molecule is CCCCCCCCCCCC1OCC(O[C@@H](OC)[C@@H](O)CO)[C@H](C)O1. The lowest BCUT2D eigenvalue weighted by Crippen LogP contribution is -2.48. The van der Waals surface area contributed by atoms with Crippen LogP contribution in [0.2, 0.25) is 0 Å². The van der Waals surface area contributed by atoms with Crippen LogP contribution in [-0.4, -0.2) is 61.4 Å². The van der Waals surface area contributed by atoms with E-state index in [1.165, 1.54) is 58.5 Å². The Hall–Kier alpha value is -0.240. The first-order valence-electron chi connectivity index (χ1n) is 10.4. The highest BCUT2D eigenvalue weighted by molar-refractivity contribution is 4.74. The molecule has 0 radical (unpaired) electrons. The van der Waals surface area contributed by atoms with E-state index < -0.39 is 19.0 Å². The summed E-state index contributed by atoms with van der Waals surface area (Å²) < 4.78 is 22.4. The van der Waals surface area contributed by atoms with E-state index in [0.717, 1.165) is 12.8 Å². The Morgan fingerprint density at radius 3 is 2.19 bits per heavy atom. The summed E-state index contributed by atoms with van der Waals surface area (Å²) in [7, 11) is 1.44. The van der Waals surface area contributed by atoms with Crippen LogP contribution in [0.15, 0.2) is 0 Å². The number of hydrogen-bond acceptors (Lipinski definition) is 6. The quantitative estimate of drug-likeness (QED) is 0.337. The molecule has 26 heavy (non-hydrogen) atoms. The molecule has 5 atom stereocenters. The summed E-state index contributed by atoms with van der Waals surface area (Å²) in [5.74, 6) is 0. The van der Waals surface area contributed by atoms with Gasteiger partial charge >= 0.3 is 0 Å². The van der Waals surface area contributed by atoms with Crippen LogP contribution in [0.5, 0.6) is 0 Å². The number of aliphatic hydroxyl groups excluding tert-OH is 2. The first kappa shape index (κ1) is 23.8. The highest BCUT2D eigenvalue weighted by Gasteiger charge is 2.33. The molecule has 1 fully saturated rings. The summed E-state index contributed by atoms with van der Waals surface area (Å²) >= 11 is 0. The predicted molar refractivity (Wildman–Crippen MR) is 101 cm³/mol. The van der Waals surface area contributed by atoms with Crippen molar-refractivity contribution in [2.75, 3.05) is 20.3 Å². The molecule has 1 aliphatic heterocycles. The predicted octanol–water partition coefficient (Wildman–Crippen LogP) is 3.38. The van der Waals surface area contributed by atoms with Crippen LogP contribution in [0.4, 0.5) is 0 Å². The zero-order chi connectivity index (χ0) is 19.2. The number of aliphatic hydroxyl groups is 2. The van der Waals surface area contributed by atoms with Crippen LogP contribution in [0, 0.1) is 0 Å². The summed E-state index contributed by atoms with van der Waals surface area (Å²) in [6.45, 7) is 4.18. The molecule has 1 rings (SSSR count). The second-order valence-electron chi connectivity index (χ2n) is 7.25. The van der Waals surface area contributed by atoms with Gasteiger partial charge in [-0.25, -0.2) is 0 Å². The van der Waals surface area contributed by atoms with E-state index in [4.69, 9.17) is 24.1 Å². The summed E-state index contributed by atoms with van der Waals surface area (Å²) in [4.78, 5) is 0. The number of hydrogen-bond donors (Lipinski definition) is 2. The second-order valence-corrected chi connectivity index (χ2v) is 7.25. The van der Waals surface area contributed by atoms with E-state index >= 15 is 0 Å². The van der Waals surface area contributed by atoms with Gasteiger partial charge in [0.25, 0.3) is 0 Å². The fourth-order valence-electron chi connectivity index (χ4n) is 3.19. The van der Waals surface area contributed by atoms with Crippen molar-refractivity contribution in [3.05, 3.63) is 0 Å². The highest BCUT2D eigenvalue weighted by atomic mass is 16.7. The average Bonchev–Trinajstić information content (AvgIpc) is 2.65. The molecule has 0 aromatic heterocycles. The second kappa shape index (κ2) is 14.8. The van der Waals surface area contributed by atoms with Crippen molar-refractivity contribution < 1.29 is 29.2 Å². The van der Waals surface area contributed by atoms with Crippen LogP contribution in [0.3, 0.4) is 0 Å². The van der Waals surface area contributed by atoms with Gasteiger partial charge in [-0.1, -0.05) is 58.3 Å². The van der Waals surface area contributed by atoms with Gasteiger partial charge < -0.3 is 29.2 Å². The third kappa shape index (κ3) is 9.62. The highest BCUT2D eigenvalue weighted by Crippen LogP contribution is 2.22. The minimum atomic E-state index is -1.08. The molecule has 0 bridgehead atoms.